The lowest BCUT2D eigenvalue weighted by atomic mass is 9.73. The van der Waals surface area contributed by atoms with Crippen molar-refractivity contribution in [3.05, 3.63) is 35.0 Å². The molecule has 1 aromatic heterocycles. The number of carbonyl (C=O) groups excluding carboxylic acids is 2. The van der Waals surface area contributed by atoms with Gasteiger partial charge >= 0.3 is 6.09 Å². The van der Waals surface area contributed by atoms with Crippen LogP contribution in [-0.2, 0) is 11.3 Å². The van der Waals surface area contributed by atoms with E-state index in [4.69, 9.17) is 4.74 Å². The van der Waals surface area contributed by atoms with Crippen LogP contribution in [-0.4, -0.2) is 65.1 Å². The van der Waals surface area contributed by atoms with E-state index in [0.29, 0.717) is 11.3 Å². The SMILES string of the molecule is Cc1c(C=O)ccc2c1cc(C#N)n2CCN1CC2(C1)CN(C(=O)OC(C)(C)C)C2. The Morgan fingerprint density at radius 3 is 2.53 bits per heavy atom. The number of nitriles is 1. The van der Waals surface area contributed by atoms with Gasteiger partial charge in [-0.05, 0) is 51.5 Å². The quantitative estimate of drug-likeness (QED) is 0.726. The number of amides is 1. The number of nitrogens with zero attached hydrogens (tertiary/aromatic N) is 4. The molecular weight excluding hydrogens is 380 g/mol. The molecule has 0 atom stereocenters. The molecule has 2 fully saturated rings. The van der Waals surface area contributed by atoms with Gasteiger partial charge < -0.3 is 19.1 Å². The molecule has 0 bridgehead atoms. The molecule has 30 heavy (non-hydrogen) atoms. The predicted molar refractivity (Wildman–Crippen MR) is 113 cm³/mol. The number of rotatable bonds is 4. The van der Waals surface area contributed by atoms with Crippen LogP contribution in [0.2, 0.25) is 0 Å². The van der Waals surface area contributed by atoms with Crippen LogP contribution >= 0.6 is 0 Å². The molecule has 0 radical (unpaired) electrons. The van der Waals surface area contributed by atoms with Crippen molar-refractivity contribution in [2.75, 3.05) is 32.7 Å². The van der Waals surface area contributed by atoms with E-state index in [9.17, 15) is 14.9 Å². The zero-order valence-electron chi connectivity index (χ0n) is 18.1. The summed E-state index contributed by atoms with van der Waals surface area (Å²) in [6.07, 6.45) is 0.630. The second-order valence-corrected chi connectivity index (χ2v) is 9.67. The monoisotopic (exact) mass is 408 g/mol. The standard InChI is InChI=1S/C23H28N4O3/c1-16-17(11-28)5-6-20-19(16)9-18(10-24)27(20)8-7-25-12-23(13-25)14-26(15-23)21(29)30-22(2,3)4/h5-6,9,11H,7-8,12-15H2,1-4H3. The first-order chi connectivity index (χ1) is 14.1. The van der Waals surface area contributed by atoms with Crippen LogP contribution < -0.4 is 0 Å². The third-order valence-corrected chi connectivity index (χ3v) is 6.10. The van der Waals surface area contributed by atoms with Crippen LogP contribution in [0.3, 0.4) is 0 Å². The Morgan fingerprint density at radius 2 is 1.93 bits per heavy atom. The fourth-order valence-corrected chi connectivity index (χ4v) is 4.68. The van der Waals surface area contributed by atoms with Crippen molar-refractivity contribution in [3.8, 4) is 6.07 Å². The van der Waals surface area contributed by atoms with Crippen molar-refractivity contribution in [1.29, 1.82) is 5.26 Å². The summed E-state index contributed by atoms with van der Waals surface area (Å²) in [6.45, 7) is 12.6. The maximum absolute atomic E-state index is 12.1. The number of aldehydes is 1. The minimum Gasteiger partial charge on any atom is -0.444 e. The van der Waals surface area contributed by atoms with Crippen LogP contribution in [0.5, 0.6) is 0 Å². The van der Waals surface area contributed by atoms with E-state index >= 15 is 0 Å². The van der Waals surface area contributed by atoms with Gasteiger partial charge in [0.15, 0.2) is 0 Å². The predicted octanol–water partition coefficient (Wildman–Crippen LogP) is 3.19. The van der Waals surface area contributed by atoms with Crippen molar-refractivity contribution in [3.63, 3.8) is 0 Å². The number of benzene rings is 1. The van der Waals surface area contributed by atoms with Crippen LogP contribution in [0.4, 0.5) is 4.79 Å². The third kappa shape index (κ3) is 3.56. The van der Waals surface area contributed by atoms with Gasteiger partial charge in [0.25, 0.3) is 0 Å². The first kappa shape index (κ1) is 20.4. The molecule has 2 aliphatic rings. The van der Waals surface area contributed by atoms with Crippen molar-refractivity contribution in [2.45, 2.75) is 39.8 Å². The van der Waals surface area contributed by atoms with Crippen molar-refractivity contribution < 1.29 is 14.3 Å². The zero-order valence-corrected chi connectivity index (χ0v) is 18.1. The van der Waals surface area contributed by atoms with Crippen LogP contribution in [0, 0.1) is 23.7 Å². The average Bonchev–Trinajstić information content (AvgIpc) is 2.96. The van der Waals surface area contributed by atoms with Crippen molar-refractivity contribution in [1.82, 2.24) is 14.4 Å². The van der Waals surface area contributed by atoms with Gasteiger partial charge in [-0.1, -0.05) is 0 Å². The number of hydrogen-bond donors (Lipinski definition) is 0. The normalized spacial score (nSPS) is 18.0. The van der Waals surface area contributed by atoms with E-state index < -0.39 is 5.60 Å². The summed E-state index contributed by atoms with van der Waals surface area (Å²) in [5.41, 5.74) is 2.92. The first-order valence-electron chi connectivity index (χ1n) is 10.3. The Kier molecular flexibility index (Phi) is 4.86. The molecular formula is C23H28N4O3. The molecule has 2 saturated heterocycles. The molecule has 7 heteroatoms. The summed E-state index contributed by atoms with van der Waals surface area (Å²) in [5, 5.41) is 10.5. The molecule has 0 unspecified atom stereocenters. The molecule has 2 aliphatic heterocycles. The molecule has 1 aromatic carbocycles. The summed E-state index contributed by atoms with van der Waals surface area (Å²) in [7, 11) is 0. The Bertz CT molecular complexity index is 1040. The summed E-state index contributed by atoms with van der Waals surface area (Å²) in [6, 6.07) is 7.90. The zero-order chi connectivity index (χ0) is 21.7. The Balaban J connectivity index is 1.35. The van der Waals surface area contributed by atoms with E-state index in [1.54, 1.807) is 4.90 Å². The highest BCUT2D eigenvalue weighted by molar-refractivity contribution is 5.92. The van der Waals surface area contributed by atoms with Gasteiger partial charge in [0.1, 0.15) is 23.7 Å². The second kappa shape index (κ2) is 7.13. The minimum absolute atomic E-state index is 0.198. The van der Waals surface area contributed by atoms with Gasteiger partial charge in [-0.25, -0.2) is 4.79 Å². The molecule has 1 amide bonds. The largest absolute Gasteiger partial charge is 0.444 e. The number of ether oxygens (including phenoxy) is 1. The summed E-state index contributed by atoms with van der Waals surface area (Å²) in [5.74, 6) is 0. The lowest BCUT2D eigenvalue weighted by Gasteiger charge is -2.60. The molecule has 0 saturated carbocycles. The number of fused-ring (bicyclic) bond motifs is 1. The topological polar surface area (TPSA) is 78.6 Å². The van der Waals surface area contributed by atoms with E-state index in [-0.39, 0.29) is 11.5 Å². The molecule has 0 aliphatic carbocycles. The van der Waals surface area contributed by atoms with Gasteiger partial charge in [0.2, 0.25) is 0 Å². The number of carbonyl (C=O) groups is 2. The highest BCUT2D eigenvalue weighted by atomic mass is 16.6. The smallest absolute Gasteiger partial charge is 0.410 e. The maximum Gasteiger partial charge on any atom is 0.410 e. The molecule has 1 spiro atoms. The molecule has 2 aromatic rings. The molecule has 0 N–H and O–H groups in total. The fraction of sp³-hybridized carbons (Fsp3) is 0.522. The molecule has 4 rings (SSSR count). The number of aromatic nitrogens is 1. The Morgan fingerprint density at radius 1 is 1.23 bits per heavy atom. The number of likely N-dealkylation sites (tertiary alicyclic amines) is 2. The van der Waals surface area contributed by atoms with E-state index in [0.717, 1.165) is 62.0 Å². The third-order valence-electron chi connectivity index (χ3n) is 6.10. The van der Waals surface area contributed by atoms with E-state index in [1.165, 1.54) is 0 Å². The summed E-state index contributed by atoms with van der Waals surface area (Å²) >= 11 is 0. The number of hydrogen-bond acceptors (Lipinski definition) is 5. The van der Waals surface area contributed by atoms with Crippen molar-refractivity contribution >= 4 is 23.3 Å². The minimum atomic E-state index is -0.464. The van der Waals surface area contributed by atoms with Gasteiger partial charge in [-0.15, -0.1) is 0 Å². The van der Waals surface area contributed by atoms with Gasteiger partial charge in [-0.3, -0.25) is 4.79 Å². The van der Waals surface area contributed by atoms with Crippen molar-refractivity contribution in [2.24, 2.45) is 5.41 Å². The number of aryl methyl sites for hydroxylation is 1. The summed E-state index contributed by atoms with van der Waals surface area (Å²) in [4.78, 5) is 27.5. The summed E-state index contributed by atoms with van der Waals surface area (Å²) < 4.78 is 7.47. The fourth-order valence-electron chi connectivity index (χ4n) is 4.68. The maximum atomic E-state index is 12.1. The van der Waals surface area contributed by atoms with E-state index in [1.807, 2.05) is 50.5 Å². The second-order valence-electron chi connectivity index (χ2n) is 9.67. The molecule has 3 heterocycles. The first-order valence-corrected chi connectivity index (χ1v) is 10.3. The lowest BCUT2D eigenvalue weighted by molar-refractivity contribution is -0.113. The molecule has 7 nitrogen and oxygen atoms in total. The van der Waals surface area contributed by atoms with Gasteiger partial charge in [-0.2, -0.15) is 5.26 Å². The Labute approximate surface area is 176 Å². The highest BCUT2D eigenvalue weighted by Crippen LogP contribution is 2.40. The van der Waals surface area contributed by atoms with Crippen LogP contribution in [0.25, 0.3) is 10.9 Å². The average molecular weight is 409 g/mol. The lowest BCUT2D eigenvalue weighted by Crippen LogP contribution is -2.73. The van der Waals surface area contributed by atoms with Gasteiger partial charge in [0.05, 0.1) is 0 Å². The van der Waals surface area contributed by atoms with Crippen LogP contribution in [0.15, 0.2) is 18.2 Å². The van der Waals surface area contributed by atoms with Crippen LogP contribution in [0.1, 0.15) is 42.4 Å². The Hall–Kier alpha value is -2.85. The van der Waals surface area contributed by atoms with Gasteiger partial charge in [0, 0.05) is 61.1 Å². The molecule has 158 valence electrons. The highest BCUT2D eigenvalue weighted by Gasteiger charge is 2.53. The van der Waals surface area contributed by atoms with E-state index in [2.05, 4.69) is 11.0 Å².